The number of rotatable bonds is 4. The average molecular weight is 344 g/mol. The molecule has 1 saturated heterocycles. The summed E-state index contributed by atoms with van der Waals surface area (Å²) in [6.45, 7) is 1.95. The van der Waals surface area contributed by atoms with Crippen LogP contribution in [0.3, 0.4) is 0 Å². The van der Waals surface area contributed by atoms with Crippen molar-refractivity contribution in [3.63, 3.8) is 0 Å². The van der Waals surface area contributed by atoms with Gasteiger partial charge in [0.05, 0.1) is 16.0 Å². The van der Waals surface area contributed by atoms with Gasteiger partial charge in [-0.2, -0.15) is 0 Å². The number of fused-ring (bicyclic) bond motifs is 1. The number of carbonyl (C=O) groups is 1. The van der Waals surface area contributed by atoms with Crippen molar-refractivity contribution in [3.8, 4) is 0 Å². The molecule has 1 aromatic heterocycles. The third kappa shape index (κ3) is 4.57. The van der Waals surface area contributed by atoms with Gasteiger partial charge in [0.1, 0.15) is 0 Å². The lowest BCUT2D eigenvalue weighted by molar-refractivity contribution is -0.119. The van der Waals surface area contributed by atoms with E-state index in [0.717, 1.165) is 35.8 Å². The Morgan fingerprint density at radius 3 is 3.10 bits per heavy atom. The summed E-state index contributed by atoms with van der Waals surface area (Å²) in [5.41, 5.74) is 1.01. The number of thiazole rings is 1. The average Bonchev–Trinajstić information content (AvgIpc) is 2.89. The van der Waals surface area contributed by atoms with Gasteiger partial charge < -0.3 is 10.6 Å². The Bertz CT molecular complexity index is 566. The molecule has 1 aliphatic heterocycles. The second-order valence-corrected chi connectivity index (χ2v) is 7.10. The molecule has 0 aliphatic carbocycles. The van der Waals surface area contributed by atoms with Crippen molar-refractivity contribution < 1.29 is 4.79 Å². The van der Waals surface area contributed by atoms with Crippen LogP contribution in [-0.4, -0.2) is 35.8 Å². The summed E-state index contributed by atoms with van der Waals surface area (Å²) >= 11 is 3.16. The quantitative estimate of drug-likeness (QED) is 0.838. The second-order valence-electron chi connectivity index (χ2n) is 4.85. The fraction of sp³-hybridized carbons (Fsp3) is 0.429. The van der Waals surface area contributed by atoms with Crippen LogP contribution in [0.1, 0.15) is 12.8 Å². The van der Waals surface area contributed by atoms with Crippen molar-refractivity contribution >= 4 is 51.6 Å². The van der Waals surface area contributed by atoms with E-state index < -0.39 is 0 Å². The minimum absolute atomic E-state index is 0. The summed E-state index contributed by atoms with van der Waals surface area (Å²) in [6, 6.07) is 8.35. The van der Waals surface area contributed by atoms with Crippen LogP contribution in [0.5, 0.6) is 0 Å². The van der Waals surface area contributed by atoms with E-state index in [1.807, 2.05) is 18.2 Å². The fourth-order valence-corrected chi connectivity index (χ4v) is 4.16. The first-order valence-corrected chi connectivity index (χ1v) is 8.60. The molecule has 114 valence electrons. The van der Waals surface area contributed by atoms with Gasteiger partial charge in [-0.15, -0.1) is 23.7 Å². The van der Waals surface area contributed by atoms with E-state index in [0.29, 0.717) is 5.75 Å². The Balaban J connectivity index is 0.00000161. The van der Waals surface area contributed by atoms with Gasteiger partial charge in [-0.05, 0) is 31.5 Å². The van der Waals surface area contributed by atoms with Gasteiger partial charge >= 0.3 is 0 Å². The maximum atomic E-state index is 11.9. The molecule has 0 bridgehead atoms. The van der Waals surface area contributed by atoms with E-state index in [2.05, 4.69) is 21.7 Å². The minimum atomic E-state index is 0. The maximum Gasteiger partial charge on any atom is 0.230 e. The maximum absolute atomic E-state index is 11.9. The van der Waals surface area contributed by atoms with E-state index in [1.54, 1.807) is 11.3 Å². The number of nitrogens with one attached hydrogen (secondary N) is 2. The zero-order chi connectivity index (χ0) is 13.8. The van der Waals surface area contributed by atoms with E-state index in [-0.39, 0.29) is 24.4 Å². The van der Waals surface area contributed by atoms with Crippen molar-refractivity contribution in [2.24, 2.45) is 0 Å². The normalized spacial score (nSPS) is 18.2. The molecule has 7 heteroatoms. The first-order chi connectivity index (χ1) is 9.81. The molecular formula is C14H18ClN3OS2. The van der Waals surface area contributed by atoms with Crippen molar-refractivity contribution in [1.29, 1.82) is 0 Å². The van der Waals surface area contributed by atoms with E-state index in [4.69, 9.17) is 0 Å². The Labute approximate surface area is 138 Å². The number of amides is 1. The van der Waals surface area contributed by atoms with Gasteiger partial charge in [-0.1, -0.05) is 23.9 Å². The fourth-order valence-electron chi connectivity index (χ4n) is 2.28. The van der Waals surface area contributed by atoms with Gasteiger partial charge in [0.2, 0.25) is 5.91 Å². The number of benzene rings is 1. The summed E-state index contributed by atoms with van der Waals surface area (Å²) in [7, 11) is 0. The molecule has 21 heavy (non-hydrogen) atoms. The Hall–Kier alpha value is -0.820. The number of hydrogen-bond acceptors (Lipinski definition) is 5. The number of thioether (sulfide) groups is 1. The van der Waals surface area contributed by atoms with Crippen molar-refractivity contribution in [3.05, 3.63) is 24.3 Å². The predicted octanol–water partition coefficient (Wildman–Crippen LogP) is 2.68. The third-order valence-corrected chi connectivity index (χ3v) is 5.44. The molecule has 2 aromatic rings. The summed E-state index contributed by atoms with van der Waals surface area (Å²) < 4.78 is 2.13. The van der Waals surface area contributed by atoms with Crippen LogP contribution in [0.15, 0.2) is 28.6 Å². The summed E-state index contributed by atoms with van der Waals surface area (Å²) in [4.78, 5) is 16.4. The molecule has 1 unspecified atom stereocenters. The molecule has 0 radical (unpaired) electrons. The first kappa shape index (κ1) is 16.5. The van der Waals surface area contributed by atoms with Crippen LogP contribution in [0, 0.1) is 0 Å². The molecule has 3 rings (SSSR count). The summed E-state index contributed by atoms with van der Waals surface area (Å²) in [5, 5.41) is 6.38. The topological polar surface area (TPSA) is 54.0 Å². The number of carbonyl (C=O) groups excluding carboxylic acids is 1. The van der Waals surface area contributed by atoms with Gasteiger partial charge in [0.15, 0.2) is 4.34 Å². The molecule has 1 amide bonds. The first-order valence-electron chi connectivity index (χ1n) is 6.80. The molecule has 0 saturated carbocycles. The zero-order valence-electron chi connectivity index (χ0n) is 11.5. The minimum Gasteiger partial charge on any atom is -0.351 e. The molecular weight excluding hydrogens is 326 g/mol. The van der Waals surface area contributed by atoms with Gasteiger partial charge in [-0.25, -0.2) is 4.98 Å². The SMILES string of the molecule is Cl.O=C(CSc1nc2ccccc2s1)NC1CCCNC1. The van der Waals surface area contributed by atoms with Crippen LogP contribution in [-0.2, 0) is 4.79 Å². The van der Waals surface area contributed by atoms with Gasteiger partial charge in [-0.3, -0.25) is 4.79 Å². The van der Waals surface area contributed by atoms with Crippen LogP contribution in [0.2, 0.25) is 0 Å². The predicted molar refractivity (Wildman–Crippen MR) is 91.6 cm³/mol. The number of nitrogens with zero attached hydrogens (tertiary/aromatic N) is 1. The van der Waals surface area contributed by atoms with Crippen molar-refractivity contribution in [2.75, 3.05) is 18.8 Å². The summed E-state index contributed by atoms with van der Waals surface area (Å²) in [5.74, 6) is 0.541. The molecule has 1 fully saturated rings. The Kier molecular flexibility index (Phi) is 6.29. The molecule has 1 atom stereocenters. The number of hydrogen-bond donors (Lipinski definition) is 2. The molecule has 1 aromatic carbocycles. The van der Waals surface area contributed by atoms with Crippen molar-refractivity contribution in [2.45, 2.75) is 23.2 Å². The van der Waals surface area contributed by atoms with Crippen molar-refractivity contribution in [1.82, 2.24) is 15.6 Å². The lowest BCUT2D eigenvalue weighted by Gasteiger charge is -2.23. The summed E-state index contributed by atoms with van der Waals surface area (Å²) in [6.07, 6.45) is 2.21. The number of halogens is 1. The third-order valence-electron chi connectivity index (χ3n) is 3.26. The second kappa shape index (κ2) is 7.98. The molecule has 1 aliphatic rings. The van der Waals surface area contributed by atoms with Crippen LogP contribution in [0.25, 0.3) is 10.2 Å². The van der Waals surface area contributed by atoms with Gasteiger partial charge in [0.25, 0.3) is 0 Å². The van der Waals surface area contributed by atoms with Gasteiger partial charge in [0, 0.05) is 12.6 Å². The lowest BCUT2D eigenvalue weighted by atomic mass is 10.1. The number of aromatic nitrogens is 1. The van der Waals surface area contributed by atoms with Crippen LogP contribution in [0.4, 0.5) is 0 Å². The number of piperidine rings is 1. The highest BCUT2D eigenvalue weighted by Gasteiger charge is 2.15. The molecule has 2 N–H and O–H groups in total. The lowest BCUT2D eigenvalue weighted by Crippen LogP contribution is -2.46. The molecule has 2 heterocycles. The van der Waals surface area contributed by atoms with E-state index >= 15 is 0 Å². The zero-order valence-corrected chi connectivity index (χ0v) is 14.0. The van der Waals surface area contributed by atoms with Crippen LogP contribution < -0.4 is 10.6 Å². The standard InChI is InChI=1S/C14H17N3OS2.ClH/c18-13(16-10-4-3-7-15-8-10)9-19-14-17-11-5-1-2-6-12(11)20-14;/h1-2,5-6,10,15H,3-4,7-9H2,(H,16,18);1H. The van der Waals surface area contributed by atoms with Crippen LogP contribution >= 0.6 is 35.5 Å². The highest BCUT2D eigenvalue weighted by Crippen LogP contribution is 2.29. The Morgan fingerprint density at radius 1 is 1.48 bits per heavy atom. The Morgan fingerprint density at radius 2 is 2.33 bits per heavy atom. The largest absolute Gasteiger partial charge is 0.351 e. The monoisotopic (exact) mass is 343 g/mol. The van der Waals surface area contributed by atoms with E-state index in [9.17, 15) is 4.79 Å². The smallest absolute Gasteiger partial charge is 0.230 e. The highest BCUT2D eigenvalue weighted by molar-refractivity contribution is 8.01. The highest BCUT2D eigenvalue weighted by atomic mass is 35.5. The number of para-hydroxylation sites is 1. The molecule has 0 spiro atoms. The van der Waals surface area contributed by atoms with E-state index in [1.165, 1.54) is 16.5 Å². The molecule has 4 nitrogen and oxygen atoms in total.